The fourth-order valence-corrected chi connectivity index (χ4v) is 1.97. The first kappa shape index (κ1) is 16.7. The lowest BCUT2D eigenvalue weighted by atomic mass is 10.1. The summed E-state index contributed by atoms with van der Waals surface area (Å²) in [5, 5.41) is 5.63. The van der Waals surface area contributed by atoms with E-state index < -0.39 is 0 Å². The third-order valence-corrected chi connectivity index (χ3v) is 3.23. The van der Waals surface area contributed by atoms with Crippen molar-refractivity contribution in [2.24, 2.45) is 5.92 Å². The summed E-state index contributed by atoms with van der Waals surface area (Å²) in [7, 11) is 0. The molecule has 5 nitrogen and oxygen atoms in total. The van der Waals surface area contributed by atoms with Crippen molar-refractivity contribution >= 4 is 11.8 Å². The van der Waals surface area contributed by atoms with E-state index in [-0.39, 0.29) is 11.8 Å². The highest BCUT2D eigenvalue weighted by Gasteiger charge is 2.11. The Hall–Kier alpha value is -2.69. The molecule has 2 rings (SSSR count). The molecule has 1 heterocycles. The van der Waals surface area contributed by atoms with Crippen LogP contribution >= 0.6 is 0 Å². The van der Waals surface area contributed by atoms with Crippen LogP contribution in [0.5, 0.6) is 0 Å². The second-order valence-corrected chi connectivity index (χ2v) is 5.73. The lowest BCUT2D eigenvalue weighted by Gasteiger charge is -2.09. The maximum atomic E-state index is 12.2. The monoisotopic (exact) mass is 311 g/mol. The maximum absolute atomic E-state index is 12.2. The lowest BCUT2D eigenvalue weighted by molar-refractivity contribution is 0.0948. The normalized spacial score (nSPS) is 10.4. The number of aromatic nitrogens is 1. The zero-order valence-corrected chi connectivity index (χ0v) is 13.4. The van der Waals surface area contributed by atoms with Crippen molar-refractivity contribution in [1.82, 2.24) is 15.6 Å². The van der Waals surface area contributed by atoms with Gasteiger partial charge in [-0.25, -0.2) is 0 Å². The largest absolute Gasteiger partial charge is 0.352 e. The third-order valence-electron chi connectivity index (χ3n) is 3.23. The molecule has 0 spiro atoms. The molecule has 1 aromatic carbocycles. The molecule has 23 heavy (non-hydrogen) atoms. The van der Waals surface area contributed by atoms with E-state index in [4.69, 9.17) is 0 Å². The number of amides is 2. The molecule has 2 aromatic rings. The van der Waals surface area contributed by atoms with Gasteiger partial charge in [0.25, 0.3) is 11.8 Å². The van der Waals surface area contributed by atoms with E-state index in [9.17, 15) is 9.59 Å². The summed E-state index contributed by atoms with van der Waals surface area (Å²) in [4.78, 5) is 28.2. The number of rotatable bonds is 6. The molecule has 0 saturated carbocycles. The number of benzene rings is 1. The smallest absolute Gasteiger partial charge is 0.253 e. The maximum Gasteiger partial charge on any atom is 0.253 e. The molecule has 0 saturated heterocycles. The van der Waals surface area contributed by atoms with Gasteiger partial charge in [-0.05, 0) is 17.5 Å². The summed E-state index contributed by atoms with van der Waals surface area (Å²) in [6.45, 7) is 5.06. The van der Waals surface area contributed by atoms with Crippen LogP contribution in [0, 0.1) is 5.92 Å². The van der Waals surface area contributed by atoms with Gasteiger partial charge in [0.2, 0.25) is 0 Å². The lowest BCUT2D eigenvalue weighted by Crippen LogP contribution is -2.28. The van der Waals surface area contributed by atoms with Crippen molar-refractivity contribution in [2.75, 3.05) is 6.54 Å². The molecule has 0 fully saturated rings. The van der Waals surface area contributed by atoms with Crippen molar-refractivity contribution in [3.8, 4) is 0 Å². The minimum atomic E-state index is -0.250. The highest BCUT2D eigenvalue weighted by Crippen LogP contribution is 2.05. The molecule has 5 heteroatoms. The Kier molecular flexibility index (Phi) is 5.86. The van der Waals surface area contributed by atoms with E-state index in [1.807, 2.05) is 44.2 Å². The van der Waals surface area contributed by atoms with Crippen molar-refractivity contribution in [2.45, 2.75) is 20.4 Å². The van der Waals surface area contributed by atoms with Crippen molar-refractivity contribution < 1.29 is 9.59 Å². The van der Waals surface area contributed by atoms with Gasteiger partial charge < -0.3 is 10.6 Å². The molecule has 1 aromatic heterocycles. The summed E-state index contributed by atoms with van der Waals surface area (Å²) in [5.41, 5.74) is 1.77. The van der Waals surface area contributed by atoms with Gasteiger partial charge in [0.05, 0.1) is 11.1 Å². The fraction of sp³-hybridized carbons (Fsp3) is 0.278. The topological polar surface area (TPSA) is 71.1 Å². The van der Waals surface area contributed by atoms with Crippen molar-refractivity contribution in [1.29, 1.82) is 0 Å². The number of carbonyl (C=O) groups is 2. The number of hydrogen-bond donors (Lipinski definition) is 2. The van der Waals surface area contributed by atoms with E-state index in [0.29, 0.717) is 30.1 Å². The third kappa shape index (κ3) is 5.21. The van der Waals surface area contributed by atoms with E-state index >= 15 is 0 Å². The minimum Gasteiger partial charge on any atom is -0.352 e. The van der Waals surface area contributed by atoms with Crippen molar-refractivity contribution in [3.63, 3.8) is 0 Å². The highest BCUT2D eigenvalue weighted by atomic mass is 16.2. The van der Waals surface area contributed by atoms with Crippen LogP contribution in [-0.4, -0.2) is 23.3 Å². The Morgan fingerprint density at radius 2 is 1.61 bits per heavy atom. The van der Waals surface area contributed by atoms with Crippen LogP contribution in [0.3, 0.4) is 0 Å². The minimum absolute atomic E-state index is 0.219. The van der Waals surface area contributed by atoms with Gasteiger partial charge in [-0.3, -0.25) is 14.6 Å². The Morgan fingerprint density at radius 1 is 1.00 bits per heavy atom. The Bertz CT molecular complexity index is 669. The SMILES string of the molecule is CC(C)CNC(=O)c1cncc(C(=O)NCc2ccccc2)c1. The van der Waals surface area contributed by atoms with E-state index in [1.165, 1.54) is 12.4 Å². The first-order valence-corrected chi connectivity index (χ1v) is 7.61. The van der Waals surface area contributed by atoms with E-state index in [0.717, 1.165) is 5.56 Å². The van der Waals surface area contributed by atoms with Crippen LogP contribution in [0.25, 0.3) is 0 Å². The van der Waals surface area contributed by atoms with E-state index in [1.54, 1.807) is 6.07 Å². The van der Waals surface area contributed by atoms with Gasteiger partial charge in [-0.1, -0.05) is 44.2 Å². The van der Waals surface area contributed by atoms with Crippen LogP contribution in [0.15, 0.2) is 48.8 Å². The Labute approximate surface area is 136 Å². The zero-order chi connectivity index (χ0) is 16.7. The summed E-state index contributed by atoms with van der Waals surface area (Å²) in [5.74, 6) is -0.104. The standard InChI is InChI=1S/C18H21N3O2/c1-13(2)9-20-17(22)15-8-16(12-19-11-15)18(23)21-10-14-6-4-3-5-7-14/h3-8,11-13H,9-10H2,1-2H3,(H,20,22)(H,21,23). The van der Waals surface area contributed by atoms with Crippen LogP contribution in [0.1, 0.15) is 40.1 Å². The van der Waals surface area contributed by atoms with Gasteiger partial charge >= 0.3 is 0 Å². The number of carbonyl (C=O) groups excluding carboxylic acids is 2. The molecule has 2 N–H and O–H groups in total. The molecule has 0 atom stereocenters. The quantitative estimate of drug-likeness (QED) is 0.860. The summed E-state index contributed by atoms with van der Waals surface area (Å²) in [6, 6.07) is 11.2. The molecule has 2 amide bonds. The van der Waals surface area contributed by atoms with E-state index in [2.05, 4.69) is 15.6 Å². The average molecular weight is 311 g/mol. The molecule has 0 aliphatic rings. The van der Waals surface area contributed by atoms with Gasteiger partial charge in [0.1, 0.15) is 0 Å². The Morgan fingerprint density at radius 3 is 2.22 bits per heavy atom. The first-order chi connectivity index (χ1) is 11.1. The van der Waals surface area contributed by atoms with Gasteiger partial charge in [0, 0.05) is 25.5 Å². The summed E-state index contributed by atoms with van der Waals surface area (Å²) < 4.78 is 0. The van der Waals surface area contributed by atoms with Crippen LogP contribution in [-0.2, 0) is 6.54 Å². The van der Waals surface area contributed by atoms with Crippen LogP contribution < -0.4 is 10.6 Å². The molecule has 120 valence electrons. The van der Waals surface area contributed by atoms with Gasteiger partial charge in [-0.2, -0.15) is 0 Å². The first-order valence-electron chi connectivity index (χ1n) is 7.61. The molecule has 0 aliphatic carbocycles. The van der Waals surface area contributed by atoms with Gasteiger partial charge in [-0.15, -0.1) is 0 Å². The highest BCUT2D eigenvalue weighted by molar-refractivity contribution is 5.99. The van der Waals surface area contributed by atoms with Crippen molar-refractivity contribution in [3.05, 3.63) is 65.5 Å². The number of nitrogens with one attached hydrogen (secondary N) is 2. The number of hydrogen-bond acceptors (Lipinski definition) is 3. The second kappa shape index (κ2) is 8.08. The molecular weight excluding hydrogens is 290 g/mol. The summed E-state index contributed by atoms with van der Waals surface area (Å²) >= 11 is 0. The van der Waals surface area contributed by atoms with Crippen LogP contribution in [0.2, 0.25) is 0 Å². The van der Waals surface area contributed by atoms with Gasteiger partial charge in [0.15, 0.2) is 0 Å². The predicted molar refractivity (Wildman–Crippen MR) is 89.0 cm³/mol. The second-order valence-electron chi connectivity index (χ2n) is 5.73. The fourth-order valence-electron chi connectivity index (χ4n) is 1.97. The predicted octanol–water partition coefficient (Wildman–Crippen LogP) is 2.40. The summed E-state index contributed by atoms with van der Waals surface area (Å²) in [6.07, 6.45) is 2.92. The van der Waals surface area contributed by atoms with Crippen LogP contribution in [0.4, 0.5) is 0 Å². The number of pyridine rings is 1. The Balaban J connectivity index is 1.98. The molecule has 0 radical (unpaired) electrons. The molecule has 0 unspecified atom stereocenters. The molecule has 0 bridgehead atoms. The average Bonchev–Trinajstić information content (AvgIpc) is 2.58. The molecular formula is C18H21N3O2. The number of nitrogens with zero attached hydrogens (tertiary/aromatic N) is 1. The zero-order valence-electron chi connectivity index (χ0n) is 13.4. The molecule has 0 aliphatic heterocycles.